The van der Waals surface area contributed by atoms with Gasteiger partial charge in [0.1, 0.15) is 4.32 Å². The molecular formula is C15H20N2O3S2. The number of anilines is 1. The van der Waals surface area contributed by atoms with Crippen molar-refractivity contribution in [1.29, 1.82) is 0 Å². The van der Waals surface area contributed by atoms with Crippen molar-refractivity contribution in [2.45, 2.75) is 13.8 Å². The highest BCUT2D eigenvalue weighted by atomic mass is 32.2. The Balaban J connectivity index is 2.48. The van der Waals surface area contributed by atoms with Crippen LogP contribution in [0.3, 0.4) is 0 Å². The number of amides is 1. The first-order valence-electron chi connectivity index (χ1n) is 6.91. The van der Waals surface area contributed by atoms with Gasteiger partial charge in [0.05, 0.1) is 18.4 Å². The van der Waals surface area contributed by atoms with E-state index in [1.54, 1.807) is 24.3 Å². The van der Waals surface area contributed by atoms with Gasteiger partial charge in [-0.1, -0.05) is 24.0 Å². The van der Waals surface area contributed by atoms with E-state index in [-0.39, 0.29) is 11.7 Å². The summed E-state index contributed by atoms with van der Waals surface area (Å²) in [6, 6.07) is 6.54. The number of benzene rings is 1. The van der Waals surface area contributed by atoms with Gasteiger partial charge in [-0.05, 0) is 38.1 Å². The molecule has 0 spiro atoms. The van der Waals surface area contributed by atoms with Gasteiger partial charge in [0.2, 0.25) is 5.91 Å². The number of ether oxygens (including phenoxy) is 1. The largest absolute Gasteiger partial charge is 0.465 e. The van der Waals surface area contributed by atoms with Crippen molar-refractivity contribution in [3.8, 4) is 0 Å². The van der Waals surface area contributed by atoms with Crippen LogP contribution in [0.2, 0.25) is 0 Å². The molecule has 1 N–H and O–H groups in total. The smallest absolute Gasteiger partial charge is 0.337 e. The minimum absolute atomic E-state index is 0.134. The first-order valence-corrected chi connectivity index (χ1v) is 8.31. The molecular weight excluding hydrogens is 320 g/mol. The van der Waals surface area contributed by atoms with E-state index in [0.717, 1.165) is 17.4 Å². The topological polar surface area (TPSA) is 58.6 Å². The lowest BCUT2D eigenvalue weighted by Gasteiger charge is -2.20. The van der Waals surface area contributed by atoms with E-state index in [1.165, 1.54) is 18.9 Å². The first-order chi connectivity index (χ1) is 10.5. The second kappa shape index (κ2) is 9.42. The standard InChI is InChI=1S/C15H20N2O3S2/c1-4-17(5-2)15(21)22-10-13(18)16-12-8-6-11(7-9-12)14(19)20-3/h6-9H,4-5,10H2,1-3H3,(H,16,18). The van der Waals surface area contributed by atoms with Crippen molar-refractivity contribution in [1.82, 2.24) is 4.90 Å². The number of thioether (sulfide) groups is 1. The van der Waals surface area contributed by atoms with Gasteiger partial charge >= 0.3 is 5.97 Å². The van der Waals surface area contributed by atoms with Crippen molar-refractivity contribution in [3.05, 3.63) is 29.8 Å². The molecule has 0 aliphatic heterocycles. The van der Waals surface area contributed by atoms with Gasteiger partial charge in [-0.3, -0.25) is 4.79 Å². The number of esters is 1. The number of nitrogens with zero attached hydrogens (tertiary/aromatic N) is 1. The number of methoxy groups -OCH3 is 1. The fourth-order valence-electron chi connectivity index (χ4n) is 1.70. The van der Waals surface area contributed by atoms with Crippen molar-refractivity contribution < 1.29 is 14.3 Å². The van der Waals surface area contributed by atoms with E-state index in [1.807, 2.05) is 18.7 Å². The average molecular weight is 340 g/mol. The molecule has 7 heteroatoms. The van der Waals surface area contributed by atoms with Crippen LogP contribution in [0.25, 0.3) is 0 Å². The number of hydrogen-bond donors (Lipinski definition) is 1. The summed E-state index contributed by atoms with van der Waals surface area (Å²) in [5, 5.41) is 2.77. The number of nitrogens with one attached hydrogen (secondary N) is 1. The van der Waals surface area contributed by atoms with Crippen LogP contribution in [-0.4, -0.2) is 47.0 Å². The molecule has 5 nitrogen and oxygen atoms in total. The zero-order valence-corrected chi connectivity index (χ0v) is 14.6. The molecule has 0 heterocycles. The Morgan fingerprint density at radius 3 is 2.32 bits per heavy atom. The number of thiocarbonyl (C=S) groups is 1. The van der Waals surface area contributed by atoms with Crippen molar-refractivity contribution in [3.63, 3.8) is 0 Å². The average Bonchev–Trinajstić information content (AvgIpc) is 2.54. The summed E-state index contributed by atoms with van der Waals surface area (Å²) >= 11 is 6.62. The Morgan fingerprint density at radius 1 is 1.23 bits per heavy atom. The summed E-state index contributed by atoms with van der Waals surface area (Å²) in [5.41, 5.74) is 1.07. The predicted octanol–water partition coefficient (Wildman–Crippen LogP) is 2.77. The second-order valence-electron chi connectivity index (χ2n) is 4.34. The maximum absolute atomic E-state index is 11.9. The highest BCUT2D eigenvalue weighted by Gasteiger charge is 2.10. The summed E-state index contributed by atoms with van der Waals surface area (Å²) < 4.78 is 5.34. The molecule has 0 aliphatic carbocycles. The Kier molecular flexibility index (Phi) is 7.90. The van der Waals surface area contributed by atoms with Crippen LogP contribution in [-0.2, 0) is 9.53 Å². The molecule has 0 aliphatic rings. The maximum Gasteiger partial charge on any atom is 0.337 e. The molecule has 1 amide bonds. The highest BCUT2D eigenvalue weighted by molar-refractivity contribution is 8.23. The first kappa shape index (κ1) is 18.4. The quantitative estimate of drug-likeness (QED) is 0.635. The van der Waals surface area contributed by atoms with Crippen LogP contribution in [0.4, 0.5) is 5.69 Å². The second-order valence-corrected chi connectivity index (χ2v) is 5.95. The lowest BCUT2D eigenvalue weighted by atomic mass is 10.2. The van der Waals surface area contributed by atoms with E-state index in [4.69, 9.17) is 12.2 Å². The van der Waals surface area contributed by atoms with E-state index in [0.29, 0.717) is 11.3 Å². The van der Waals surface area contributed by atoms with Crippen LogP contribution in [0.1, 0.15) is 24.2 Å². The van der Waals surface area contributed by atoms with Crippen LogP contribution >= 0.6 is 24.0 Å². The minimum atomic E-state index is -0.405. The molecule has 0 atom stereocenters. The fourth-order valence-corrected chi connectivity index (χ4v) is 2.91. The minimum Gasteiger partial charge on any atom is -0.465 e. The number of hydrogen-bond acceptors (Lipinski definition) is 5. The summed E-state index contributed by atoms with van der Waals surface area (Å²) in [5.74, 6) is -0.281. The highest BCUT2D eigenvalue weighted by Crippen LogP contribution is 2.13. The third kappa shape index (κ3) is 5.65. The van der Waals surface area contributed by atoms with Gasteiger partial charge in [-0.15, -0.1) is 0 Å². The van der Waals surface area contributed by atoms with Crippen molar-refractivity contribution in [2.24, 2.45) is 0 Å². The normalized spacial score (nSPS) is 9.95. The molecule has 120 valence electrons. The molecule has 0 saturated heterocycles. The van der Waals surface area contributed by atoms with Gasteiger partial charge in [0.15, 0.2) is 0 Å². The lowest BCUT2D eigenvalue weighted by Crippen LogP contribution is -2.28. The van der Waals surface area contributed by atoms with Crippen LogP contribution in [0.15, 0.2) is 24.3 Å². The molecule has 1 aromatic rings. The van der Waals surface area contributed by atoms with Crippen LogP contribution in [0, 0.1) is 0 Å². The Morgan fingerprint density at radius 2 is 1.82 bits per heavy atom. The van der Waals surface area contributed by atoms with Gasteiger partial charge in [-0.2, -0.15) is 0 Å². The summed E-state index contributed by atoms with van der Waals surface area (Å²) in [6.45, 7) is 5.72. The van der Waals surface area contributed by atoms with Crippen molar-refractivity contribution >= 4 is 45.9 Å². The zero-order chi connectivity index (χ0) is 16.5. The Labute approximate surface area is 140 Å². The van der Waals surface area contributed by atoms with Crippen molar-refractivity contribution in [2.75, 3.05) is 31.3 Å². The van der Waals surface area contributed by atoms with Gasteiger partial charge in [0.25, 0.3) is 0 Å². The molecule has 0 radical (unpaired) electrons. The lowest BCUT2D eigenvalue weighted by molar-refractivity contribution is -0.113. The zero-order valence-electron chi connectivity index (χ0n) is 12.9. The molecule has 0 aromatic heterocycles. The third-order valence-corrected chi connectivity index (χ3v) is 4.46. The number of rotatable bonds is 6. The molecule has 1 rings (SSSR count). The van der Waals surface area contributed by atoms with Gasteiger partial charge in [-0.25, -0.2) is 4.79 Å². The predicted molar refractivity (Wildman–Crippen MR) is 94.4 cm³/mol. The summed E-state index contributed by atoms with van der Waals surface area (Å²) in [6.07, 6.45) is 0. The third-order valence-electron chi connectivity index (χ3n) is 2.94. The fraction of sp³-hybridized carbons (Fsp3) is 0.400. The maximum atomic E-state index is 11.9. The SMILES string of the molecule is CCN(CC)C(=S)SCC(=O)Nc1ccc(C(=O)OC)cc1. The molecule has 0 unspecified atom stereocenters. The number of carbonyl (C=O) groups excluding carboxylic acids is 2. The number of carbonyl (C=O) groups is 2. The van der Waals surface area contributed by atoms with Gasteiger partial charge in [0, 0.05) is 18.8 Å². The van der Waals surface area contributed by atoms with Crippen LogP contribution < -0.4 is 5.32 Å². The summed E-state index contributed by atoms with van der Waals surface area (Å²) in [4.78, 5) is 25.2. The molecule has 22 heavy (non-hydrogen) atoms. The van der Waals surface area contributed by atoms with E-state index in [2.05, 4.69) is 10.1 Å². The van der Waals surface area contributed by atoms with E-state index >= 15 is 0 Å². The molecule has 0 saturated carbocycles. The molecule has 1 aromatic carbocycles. The Bertz CT molecular complexity index is 528. The Hall–Kier alpha value is -1.60. The summed E-state index contributed by atoms with van der Waals surface area (Å²) in [7, 11) is 1.33. The van der Waals surface area contributed by atoms with Crippen LogP contribution in [0.5, 0.6) is 0 Å². The van der Waals surface area contributed by atoms with Gasteiger partial charge < -0.3 is 15.0 Å². The van der Waals surface area contributed by atoms with E-state index in [9.17, 15) is 9.59 Å². The monoisotopic (exact) mass is 340 g/mol. The van der Waals surface area contributed by atoms with E-state index < -0.39 is 5.97 Å². The molecule has 0 fully saturated rings. The molecule has 0 bridgehead atoms.